The molecule has 0 aliphatic rings. The quantitative estimate of drug-likeness (QED) is 0.574. The van der Waals surface area contributed by atoms with Gasteiger partial charge in [0.1, 0.15) is 0 Å². The first-order valence-electron chi connectivity index (χ1n) is 3.84. The summed E-state index contributed by atoms with van der Waals surface area (Å²) in [6.07, 6.45) is 0. The highest BCUT2D eigenvalue weighted by Gasteiger charge is 1.97. The summed E-state index contributed by atoms with van der Waals surface area (Å²) in [6.45, 7) is 2.06. The second kappa shape index (κ2) is 2.80. The summed E-state index contributed by atoms with van der Waals surface area (Å²) in [5, 5.41) is 3.00. The van der Waals surface area contributed by atoms with E-state index in [1.807, 2.05) is 24.3 Å². The van der Waals surface area contributed by atoms with E-state index >= 15 is 0 Å². The molecule has 1 radical (unpaired) electrons. The number of halogens is 1. The molecule has 1 heteroatoms. The second-order valence-electron chi connectivity index (χ2n) is 2.85. The van der Waals surface area contributed by atoms with Gasteiger partial charge in [0.2, 0.25) is 0 Å². The van der Waals surface area contributed by atoms with Crippen molar-refractivity contribution in [1.29, 1.82) is 0 Å². The smallest absolute Gasteiger partial charge is 0.0494 e. The van der Waals surface area contributed by atoms with Crippen LogP contribution in [-0.2, 0) is 0 Å². The third-order valence-electron chi connectivity index (χ3n) is 1.95. The molecule has 0 aromatic heterocycles. The molecule has 0 spiro atoms. The first kappa shape index (κ1) is 7.63. The largest absolute Gasteiger partial charge is 0.0836 e. The summed E-state index contributed by atoms with van der Waals surface area (Å²) >= 11 is 5.87. The zero-order valence-corrected chi connectivity index (χ0v) is 7.52. The Kier molecular flexibility index (Phi) is 1.78. The monoisotopic (exact) mass is 175 g/mol. The molecule has 2 aromatic rings. The van der Waals surface area contributed by atoms with Crippen LogP contribution in [0.2, 0.25) is 5.02 Å². The molecule has 0 N–H and O–H groups in total. The van der Waals surface area contributed by atoms with Crippen LogP contribution >= 0.6 is 11.6 Å². The molecule has 0 saturated heterocycles. The van der Waals surface area contributed by atoms with E-state index in [9.17, 15) is 0 Å². The van der Waals surface area contributed by atoms with Gasteiger partial charge in [-0.1, -0.05) is 35.9 Å². The normalized spacial score (nSPS) is 10.5. The molecule has 0 amide bonds. The summed E-state index contributed by atoms with van der Waals surface area (Å²) in [7, 11) is 0. The highest BCUT2D eigenvalue weighted by atomic mass is 35.5. The van der Waals surface area contributed by atoms with Gasteiger partial charge in [-0.2, -0.15) is 0 Å². The predicted molar refractivity (Wildman–Crippen MR) is 52.5 cm³/mol. The van der Waals surface area contributed by atoms with Crippen molar-refractivity contribution in [1.82, 2.24) is 0 Å². The van der Waals surface area contributed by atoms with Gasteiger partial charge >= 0.3 is 0 Å². The van der Waals surface area contributed by atoms with E-state index < -0.39 is 0 Å². The molecule has 0 unspecified atom stereocenters. The minimum absolute atomic E-state index is 0.686. The summed E-state index contributed by atoms with van der Waals surface area (Å²) in [5.41, 5.74) is 1.20. The summed E-state index contributed by atoms with van der Waals surface area (Å²) in [6, 6.07) is 13.2. The Labute approximate surface area is 76.8 Å². The number of rotatable bonds is 0. The minimum Gasteiger partial charge on any atom is -0.0836 e. The molecule has 0 aliphatic carbocycles. The van der Waals surface area contributed by atoms with E-state index in [0.29, 0.717) is 5.02 Å². The molecular formula is C11H8Cl. The van der Waals surface area contributed by atoms with Crippen molar-refractivity contribution < 1.29 is 0 Å². The lowest BCUT2D eigenvalue weighted by molar-refractivity contribution is 1.53. The van der Waals surface area contributed by atoms with E-state index in [1.54, 1.807) is 0 Å². The number of aryl methyl sites for hydroxylation is 1. The van der Waals surface area contributed by atoms with E-state index in [1.165, 1.54) is 10.9 Å². The predicted octanol–water partition coefficient (Wildman–Crippen LogP) is 3.60. The van der Waals surface area contributed by atoms with E-state index in [4.69, 9.17) is 11.6 Å². The maximum atomic E-state index is 5.87. The molecule has 2 rings (SSSR count). The third kappa shape index (κ3) is 1.19. The Hall–Kier alpha value is -1.01. The maximum absolute atomic E-state index is 5.87. The van der Waals surface area contributed by atoms with Gasteiger partial charge in [0.25, 0.3) is 0 Å². The first-order chi connectivity index (χ1) is 5.77. The van der Waals surface area contributed by atoms with Gasteiger partial charge in [0.15, 0.2) is 0 Å². The fourth-order valence-corrected chi connectivity index (χ4v) is 1.63. The van der Waals surface area contributed by atoms with Crippen molar-refractivity contribution in [2.75, 3.05) is 0 Å². The van der Waals surface area contributed by atoms with Crippen molar-refractivity contribution in [3.8, 4) is 0 Å². The number of hydrogen-bond acceptors (Lipinski definition) is 0. The van der Waals surface area contributed by atoms with Crippen LogP contribution in [-0.4, -0.2) is 0 Å². The highest BCUT2D eigenvalue weighted by Crippen LogP contribution is 2.22. The van der Waals surface area contributed by atoms with Crippen LogP contribution < -0.4 is 0 Å². The van der Waals surface area contributed by atoms with E-state index in [0.717, 1.165) is 5.39 Å². The molecule has 59 valence electrons. The lowest BCUT2D eigenvalue weighted by Gasteiger charge is -2.00. The standard InChI is InChI=1S/C11H8Cl/c1-8-6-10(12)7-9-4-2-3-5-11(8)9/h2-6H,1H3. The SMILES string of the molecule is Cc1cc(Cl)[c]c2ccccc12. The molecule has 12 heavy (non-hydrogen) atoms. The van der Waals surface area contributed by atoms with Gasteiger partial charge in [-0.3, -0.25) is 0 Å². The molecule has 0 bridgehead atoms. The molecular weight excluding hydrogens is 168 g/mol. The lowest BCUT2D eigenvalue weighted by atomic mass is 10.1. The molecule has 0 aliphatic heterocycles. The zero-order chi connectivity index (χ0) is 8.55. The Morgan fingerprint density at radius 2 is 2.00 bits per heavy atom. The number of fused-ring (bicyclic) bond motifs is 1. The fourth-order valence-electron chi connectivity index (χ4n) is 1.37. The van der Waals surface area contributed by atoms with Crippen LogP contribution in [0.4, 0.5) is 0 Å². The fraction of sp³-hybridized carbons (Fsp3) is 0.0909. The molecule has 0 saturated carbocycles. The van der Waals surface area contributed by atoms with Crippen LogP contribution in [0.15, 0.2) is 30.3 Å². The Morgan fingerprint density at radius 1 is 1.25 bits per heavy atom. The van der Waals surface area contributed by atoms with Gasteiger partial charge in [-0.25, -0.2) is 0 Å². The van der Waals surface area contributed by atoms with Crippen LogP contribution in [0.25, 0.3) is 10.8 Å². The Bertz CT molecular complexity index is 418. The van der Waals surface area contributed by atoms with Crippen LogP contribution in [0.1, 0.15) is 5.56 Å². The second-order valence-corrected chi connectivity index (χ2v) is 3.25. The lowest BCUT2D eigenvalue weighted by Crippen LogP contribution is -1.78. The number of hydrogen-bond donors (Lipinski definition) is 0. The van der Waals surface area contributed by atoms with Crippen molar-refractivity contribution in [3.05, 3.63) is 47.0 Å². The maximum Gasteiger partial charge on any atom is 0.0494 e. The summed E-state index contributed by atoms with van der Waals surface area (Å²) < 4.78 is 0. The van der Waals surface area contributed by atoms with Gasteiger partial charge < -0.3 is 0 Å². The highest BCUT2D eigenvalue weighted by molar-refractivity contribution is 6.31. The van der Waals surface area contributed by atoms with Crippen LogP contribution in [0.5, 0.6) is 0 Å². The van der Waals surface area contributed by atoms with Gasteiger partial charge in [0, 0.05) is 11.1 Å². The van der Waals surface area contributed by atoms with Crippen molar-refractivity contribution in [3.63, 3.8) is 0 Å². The van der Waals surface area contributed by atoms with Gasteiger partial charge in [0.05, 0.1) is 0 Å². The Morgan fingerprint density at radius 3 is 2.83 bits per heavy atom. The van der Waals surface area contributed by atoms with Crippen molar-refractivity contribution in [2.45, 2.75) is 6.92 Å². The third-order valence-corrected chi connectivity index (χ3v) is 2.15. The molecule has 0 atom stereocenters. The van der Waals surface area contributed by atoms with Crippen LogP contribution in [0.3, 0.4) is 0 Å². The Balaban J connectivity index is 2.89. The average molecular weight is 176 g/mol. The molecule has 0 heterocycles. The first-order valence-corrected chi connectivity index (χ1v) is 4.22. The summed E-state index contributed by atoms with van der Waals surface area (Å²) in [5.74, 6) is 0. The molecule has 0 nitrogen and oxygen atoms in total. The van der Waals surface area contributed by atoms with Crippen molar-refractivity contribution >= 4 is 22.4 Å². The van der Waals surface area contributed by atoms with Gasteiger partial charge in [-0.05, 0) is 29.3 Å². The zero-order valence-electron chi connectivity index (χ0n) is 6.76. The number of benzene rings is 2. The molecule has 2 aromatic carbocycles. The van der Waals surface area contributed by atoms with E-state index in [-0.39, 0.29) is 0 Å². The van der Waals surface area contributed by atoms with Crippen molar-refractivity contribution in [2.24, 2.45) is 0 Å². The van der Waals surface area contributed by atoms with Crippen LogP contribution in [0, 0.1) is 13.0 Å². The topological polar surface area (TPSA) is 0 Å². The molecule has 0 fully saturated rings. The van der Waals surface area contributed by atoms with Gasteiger partial charge in [-0.15, -0.1) is 0 Å². The summed E-state index contributed by atoms with van der Waals surface area (Å²) in [4.78, 5) is 0. The average Bonchev–Trinajstić information content (AvgIpc) is 2.04. The van der Waals surface area contributed by atoms with E-state index in [2.05, 4.69) is 19.1 Å². The minimum atomic E-state index is 0.686.